The number of ether oxygens (including phenoxy) is 1. The van der Waals surface area contributed by atoms with E-state index in [2.05, 4.69) is 15.2 Å². The second kappa shape index (κ2) is 8.21. The zero-order chi connectivity index (χ0) is 15.9. The van der Waals surface area contributed by atoms with Crippen LogP contribution < -0.4 is 5.32 Å². The van der Waals surface area contributed by atoms with Gasteiger partial charge in [0.2, 0.25) is 5.91 Å². The average molecular weight is 327 g/mol. The first-order valence-corrected chi connectivity index (χ1v) is 8.20. The molecule has 0 bridgehead atoms. The van der Waals surface area contributed by atoms with Gasteiger partial charge in [0, 0.05) is 43.9 Å². The molecule has 1 aliphatic heterocycles. The summed E-state index contributed by atoms with van der Waals surface area (Å²) in [4.78, 5) is 28.9. The minimum Gasteiger partial charge on any atom is -0.476 e. The summed E-state index contributed by atoms with van der Waals surface area (Å²) in [5.74, 6) is -1.01. The molecule has 1 fully saturated rings. The molecule has 1 amide bonds. The van der Waals surface area contributed by atoms with E-state index < -0.39 is 5.97 Å². The number of hydrogen-bond acceptors (Lipinski definition) is 6. The number of aromatic nitrogens is 1. The third-order valence-corrected chi connectivity index (χ3v) is 4.49. The molecule has 122 valence electrons. The summed E-state index contributed by atoms with van der Waals surface area (Å²) >= 11 is 1.30. The quantitative estimate of drug-likeness (QED) is 0.762. The van der Waals surface area contributed by atoms with Gasteiger partial charge in [0.05, 0.1) is 18.2 Å². The number of amides is 1. The number of thiazole rings is 1. The molecule has 1 unspecified atom stereocenters. The van der Waals surface area contributed by atoms with E-state index in [0.717, 1.165) is 31.3 Å². The summed E-state index contributed by atoms with van der Waals surface area (Å²) in [7, 11) is 0. The van der Waals surface area contributed by atoms with Gasteiger partial charge in [0.25, 0.3) is 0 Å². The van der Waals surface area contributed by atoms with Gasteiger partial charge in [0.15, 0.2) is 5.69 Å². The van der Waals surface area contributed by atoms with Gasteiger partial charge in [-0.1, -0.05) is 0 Å². The van der Waals surface area contributed by atoms with Crippen LogP contribution in [-0.2, 0) is 16.0 Å². The first-order valence-electron chi connectivity index (χ1n) is 7.32. The number of carbonyl (C=O) groups is 2. The lowest BCUT2D eigenvalue weighted by molar-refractivity contribution is -0.122. The van der Waals surface area contributed by atoms with Crippen LogP contribution in [0.25, 0.3) is 0 Å². The van der Waals surface area contributed by atoms with Gasteiger partial charge in [-0.2, -0.15) is 0 Å². The average Bonchev–Trinajstić information content (AvgIpc) is 2.97. The Balaban J connectivity index is 1.67. The van der Waals surface area contributed by atoms with Gasteiger partial charge in [0.1, 0.15) is 0 Å². The van der Waals surface area contributed by atoms with Crippen LogP contribution >= 0.6 is 11.3 Å². The number of carbonyl (C=O) groups excluding carboxylic acids is 1. The van der Waals surface area contributed by atoms with Crippen LogP contribution in [0.2, 0.25) is 0 Å². The lowest BCUT2D eigenvalue weighted by Crippen LogP contribution is -2.44. The van der Waals surface area contributed by atoms with Crippen molar-refractivity contribution in [2.24, 2.45) is 0 Å². The predicted molar refractivity (Wildman–Crippen MR) is 82.3 cm³/mol. The molecule has 2 rings (SSSR count). The van der Waals surface area contributed by atoms with Crippen molar-refractivity contribution in [3.63, 3.8) is 0 Å². The molecular formula is C14H21N3O4S. The highest BCUT2D eigenvalue weighted by Crippen LogP contribution is 2.10. The topological polar surface area (TPSA) is 91.8 Å². The zero-order valence-electron chi connectivity index (χ0n) is 12.6. The molecule has 0 saturated carbocycles. The summed E-state index contributed by atoms with van der Waals surface area (Å²) < 4.78 is 5.30. The number of morpholine rings is 1. The minimum absolute atomic E-state index is 0.00834. The summed E-state index contributed by atoms with van der Waals surface area (Å²) in [5.41, 5.74) is 0.0623. The summed E-state index contributed by atoms with van der Waals surface area (Å²) in [5, 5.41) is 13.9. The van der Waals surface area contributed by atoms with Crippen molar-refractivity contribution in [3.8, 4) is 0 Å². The molecule has 0 spiro atoms. The maximum atomic E-state index is 11.9. The highest BCUT2D eigenvalue weighted by molar-refractivity contribution is 7.09. The molecule has 2 N–H and O–H groups in total. The van der Waals surface area contributed by atoms with Crippen molar-refractivity contribution in [3.05, 3.63) is 16.1 Å². The standard InChI is InChI=1S/C14H21N3O4S/c1-10(17-4-6-21-7-5-17)8-12(18)15-3-2-13-16-11(9-22-13)14(19)20/h9-10H,2-8H2,1H3,(H,15,18)(H,19,20). The Bertz CT molecular complexity index is 514. The van der Waals surface area contributed by atoms with E-state index in [1.54, 1.807) is 0 Å². The second-order valence-electron chi connectivity index (χ2n) is 5.23. The van der Waals surface area contributed by atoms with E-state index in [-0.39, 0.29) is 17.6 Å². The summed E-state index contributed by atoms with van der Waals surface area (Å²) in [6, 6.07) is 0.197. The molecule has 7 nitrogen and oxygen atoms in total. The maximum absolute atomic E-state index is 11.9. The minimum atomic E-state index is -1.02. The van der Waals surface area contributed by atoms with Crippen LogP contribution in [0, 0.1) is 0 Å². The van der Waals surface area contributed by atoms with Crippen molar-refractivity contribution in [1.82, 2.24) is 15.2 Å². The SMILES string of the molecule is CC(CC(=O)NCCc1nc(C(=O)O)cs1)N1CCOCC1. The van der Waals surface area contributed by atoms with Gasteiger partial charge in [-0.15, -0.1) is 11.3 Å². The van der Waals surface area contributed by atoms with Crippen LogP contribution in [0.1, 0.15) is 28.8 Å². The lowest BCUT2D eigenvalue weighted by Gasteiger charge is -2.31. The molecule has 22 heavy (non-hydrogen) atoms. The first-order chi connectivity index (χ1) is 10.6. The Hall–Kier alpha value is -1.51. The van der Waals surface area contributed by atoms with Crippen LogP contribution in [0.3, 0.4) is 0 Å². The molecule has 1 atom stereocenters. The highest BCUT2D eigenvalue weighted by atomic mass is 32.1. The molecular weight excluding hydrogens is 306 g/mol. The number of rotatable bonds is 7. The number of nitrogens with zero attached hydrogens (tertiary/aromatic N) is 2. The molecule has 1 aromatic rings. The van der Waals surface area contributed by atoms with E-state index >= 15 is 0 Å². The van der Waals surface area contributed by atoms with Gasteiger partial charge in [-0.05, 0) is 6.92 Å². The van der Waals surface area contributed by atoms with E-state index in [0.29, 0.717) is 19.4 Å². The van der Waals surface area contributed by atoms with Gasteiger partial charge >= 0.3 is 5.97 Å². The number of aromatic carboxylic acids is 1. The number of hydrogen-bond donors (Lipinski definition) is 2. The molecule has 0 radical (unpaired) electrons. The Morgan fingerprint density at radius 1 is 1.50 bits per heavy atom. The Kier molecular flexibility index (Phi) is 6.29. The van der Waals surface area contributed by atoms with Gasteiger partial charge in [-0.3, -0.25) is 9.69 Å². The predicted octanol–water partition coefficient (Wildman–Crippen LogP) is 0.611. The molecule has 0 aromatic carbocycles. The zero-order valence-corrected chi connectivity index (χ0v) is 13.4. The largest absolute Gasteiger partial charge is 0.476 e. The molecule has 1 saturated heterocycles. The van der Waals surface area contributed by atoms with Crippen LogP contribution in [0.15, 0.2) is 5.38 Å². The first kappa shape index (κ1) is 16.9. The van der Waals surface area contributed by atoms with Crippen molar-refractivity contribution < 1.29 is 19.4 Å². The van der Waals surface area contributed by atoms with Crippen molar-refractivity contribution in [2.75, 3.05) is 32.8 Å². The van der Waals surface area contributed by atoms with E-state index in [1.165, 1.54) is 16.7 Å². The van der Waals surface area contributed by atoms with Gasteiger partial charge < -0.3 is 15.2 Å². The summed E-state index contributed by atoms with van der Waals surface area (Å²) in [6.45, 7) is 5.70. The normalized spacial score (nSPS) is 17.1. The maximum Gasteiger partial charge on any atom is 0.355 e. The van der Waals surface area contributed by atoms with Crippen molar-refractivity contribution >= 4 is 23.2 Å². The number of carboxylic acids is 1. The Labute approximate surface area is 133 Å². The number of nitrogens with one attached hydrogen (secondary N) is 1. The second-order valence-corrected chi connectivity index (χ2v) is 6.18. The Morgan fingerprint density at radius 2 is 2.23 bits per heavy atom. The van der Waals surface area contributed by atoms with Crippen LogP contribution in [0.5, 0.6) is 0 Å². The van der Waals surface area contributed by atoms with E-state index in [9.17, 15) is 9.59 Å². The molecule has 1 aromatic heterocycles. The van der Waals surface area contributed by atoms with Crippen molar-refractivity contribution in [1.29, 1.82) is 0 Å². The molecule has 2 heterocycles. The van der Waals surface area contributed by atoms with E-state index in [1.807, 2.05) is 6.92 Å². The molecule has 1 aliphatic rings. The van der Waals surface area contributed by atoms with Gasteiger partial charge in [-0.25, -0.2) is 9.78 Å². The molecule has 8 heteroatoms. The third-order valence-electron chi connectivity index (χ3n) is 3.58. The highest BCUT2D eigenvalue weighted by Gasteiger charge is 2.19. The fourth-order valence-corrected chi connectivity index (χ4v) is 3.09. The van der Waals surface area contributed by atoms with Crippen LogP contribution in [0.4, 0.5) is 0 Å². The van der Waals surface area contributed by atoms with Crippen molar-refractivity contribution in [2.45, 2.75) is 25.8 Å². The fraction of sp³-hybridized carbons (Fsp3) is 0.643. The smallest absolute Gasteiger partial charge is 0.355 e. The Morgan fingerprint density at radius 3 is 2.86 bits per heavy atom. The summed E-state index contributed by atoms with van der Waals surface area (Å²) in [6.07, 6.45) is 1.01. The fourth-order valence-electron chi connectivity index (χ4n) is 2.32. The molecule has 0 aliphatic carbocycles. The van der Waals surface area contributed by atoms with E-state index in [4.69, 9.17) is 9.84 Å². The van der Waals surface area contributed by atoms with Crippen LogP contribution in [-0.4, -0.2) is 65.8 Å². The lowest BCUT2D eigenvalue weighted by atomic mass is 10.2. The third kappa shape index (κ3) is 5.04. The monoisotopic (exact) mass is 327 g/mol. The number of carboxylic acid groups (broad SMARTS) is 1.